The summed E-state index contributed by atoms with van der Waals surface area (Å²) < 4.78 is 5.82. The molecule has 0 saturated carbocycles. The third-order valence-electron chi connectivity index (χ3n) is 5.68. The highest BCUT2D eigenvalue weighted by molar-refractivity contribution is 5.93. The lowest BCUT2D eigenvalue weighted by Crippen LogP contribution is -2.44. The van der Waals surface area contributed by atoms with Crippen molar-refractivity contribution >= 4 is 22.5 Å². The van der Waals surface area contributed by atoms with Gasteiger partial charge in [0.15, 0.2) is 5.58 Å². The minimum Gasteiger partial charge on any atom is -0.462 e. The van der Waals surface area contributed by atoms with Gasteiger partial charge in [0.2, 0.25) is 0 Å². The molecule has 2 aromatic heterocycles. The third-order valence-corrected chi connectivity index (χ3v) is 5.68. The molecule has 5 heteroatoms. The summed E-state index contributed by atoms with van der Waals surface area (Å²) in [7, 11) is 2.18. The number of rotatable bonds is 3. The van der Waals surface area contributed by atoms with Crippen molar-refractivity contribution in [2.45, 2.75) is 0 Å². The molecule has 0 spiro atoms. The lowest BCUT2D eigenvalue weighted by atomic mass is 10.0. The van der Waals surface area contributed by atoms with E-state index in [1.54, 1.807) is 6.26 Å². The second kappa shape index (κ2) is 7.26. The minimum atomic E-state index is 0.730. The number of fused-ring (bicyclic) bond motifs is 1. The van der Waals surface area contributed by atoms with Gasteiger partial charge < -0.3 is 20.0 Å². The summed E-state index contributed by atoms with van der Waals surface area (Å²) in [5.41, 5.74) is 13.7. The summed E-state index contributed by atoms with van der Waals surface area (Å²) in [6.07, 6.45) is 3.67. The Morgan fingerprint density at radius 1 is 0.897 bits per heavy atom. The van der Waals surface area contributed by atoms with E-state index in [1.807, 2.05) is 30.5 Å². The Bertz CT molecular complexity index is 1140. The van der Waals surface area contributed by atoms with Crippen LogP contribution in [0.15, 0.2) is 71.5 Å². The van der Waals surface area contributed by atoms with Gasteiger partial charge in [-0.05, 0) is 48.5 Å². The number of pyridine rings is 1. The predicted molar refractivity (Wildman–Crippen MR) is 119 cm³/mol. The van der Waals surface area contributed by atoms with Crippen LogP contribution in [0.4, 0.5) is 11.4 Å². The number of hydrogen-bond donors (Lipinski definition) is 1. The Labute approximate surface area is 170 Å². The van der Waals surface area contributed by atoms with Gasteiger partial charge in [-0.3, -0.25) is 4.98 Å². The monoisotopic (exact) mass is 384 g/mol. The number of nitrogens with two attached hydrogens (primary N) is 1. The van der Waals surface area contributed by atoms with Crippen molar-refractivity contribution in [3.8, 4) is 22.3 Å². The van der Waals surface area contributed by atoms with Crippen molar-refractivity contribution in [1.82, 2.24) is 9.88 Å². The molecular formula is C24H24N4O. The van der Waals surface area contributed by atoms with E-state index in [0.29, 0.717) is 0 Å². The van der Waals surface area contributed by atoms with E-state index in [2.05, 4.69) is 47.2 Å². The Morgan fingerprint density at radius 2 is 1.69 bits per heavy atom. The fourth-order valence-electron chi connectivity index (χ4n) is 3.91. The molecule has 1 aliphatic rings. The van der Waals surface area contributed by atoms with Crippen LogP contribution in [0.25, 0.3) is 33.4 Å². The lowest BCUT2D eigenvalue weighted by Gasteiger charge is -2.34. The summed E-state index contributed by atoms with van der Waals surface area (Å²) in [6, 6.07) is 18.6. The predicted octanol–water partition coefficient (Wildman–Crippen LogP) is 4.50. The summed E-state index contributed by atoms with van der Waals surface area (Å²) in [5.74, 6) is 0. The first kappa shape index (κ1) is 17.8. The fraction of sp³-hybridized carbons (Fsp3) is 0.208. The van der Waals surface area contributed by atoms with Crippen molar-refractivity contribution in [2.24, 2.45) is 0 Å². The van der Waals surface area contributed by atoms with Gasteiger partial charge in [-0.15, -0.1) is 0 Å². The van der Waals surface area contributed by atoms with Gasteiger partial charge in [0.1, 0.15) is 11.8 Å². The molecule has 0 aliphatic carbocycles. The standard InChI is InChI=1S/C24H24N4O/c1-27-9-11-28(12-10-27)21-7-5-17(6-8-21)19-14-23-24(26-15-19)22(16-29-23)18-3-2-4-20(25)13-18/h2-8,13-16H,9-12,25H2,1H3. The highest BCUT2D eigenvalue weighted by Crippen LogP contribution is 2.33. The SMILES string of the molecule is CN1CCN(c2ccc(-c3cnc4c(-c5cccc(N)c5)coc4c3)cc2)CC1. The van der Waals surface area contributed by atoms with Crippen LogP contribution in [0, 0.1) is 0 Å². The molecule has 2 N–H and O–H groups in total. The first-order chi connectivity index (χ1) is 14.2. The second-order valence-electron chi connectivity index (χ2n) is 7.68. The number of piperazine rings is 1. The molecule has 0 radical (unpaired) electrons. The normalized spacial score (nSPS) is 15.1. The van der Waals surface area contributed by atoms with Crippen LogP contribution in [-0.2, 0) is 0 Å². The molecule has 1 fully saturated rings. The average Bonchev–Trinajstić information content (AvgIpc) is 3.18. The van der Waals surface area contributed by atoms with Gasteiger partial charge in [-0.2, -0.15) is 0 Å². The molecule has 0 unspecified atom stereocenters. The van der Waals surface area contributed by atoms with E-state index in [4.69, 9.17) is 15.1 Å². The van der Waals surface area contributed by atoms with E-state index >= 15 is 0 Å². The first-order valence-electron chi connectivity index (χ1n) is 9.94. The van der Waals surface area contributed by atoms with Crippen molar-refractivity contribution in [3.05, 3.63) is 67.1 Å². The zero-order valence-electron chi connectivity index (χ0n) is 16.5. The zero-order valence-corrected chi connectivity index (χ0v) is 16.5. The van der Waals surface area contributed by atoms with Crippen LogP contribution < -0.4 is 10.6 Å². The number of benzene rings is 2. The lowest BCUT2D eigenvalue weighted by molar-refractivity contribution is 0.313. The van der Waals surface area contributed by atoms with Crippen molar-refractivity contribution in [3.63, 3.8) is 0 Å². The quantitative estimate of drug-likeness (QED) is 0.527. The Balaban J connectivity index is 1.42. The highest BCUT2D eigenvalue weighted by atomic mass is 16.3. The van der Waals surface area contributed by atoms with E-state index in [-0.39, 0.29) is 0 Å². The molecule has 146 valence electrons. The van der Waals surface area contributed by atoms with Crippen molar-refractivity contribution in [2.75, 3.05) is 43.9 Å². The number of aromatic nitrogens is 1. The maximum Gasteiger partial charge on any atom is 0.153 e. The number of anilines is 2. The van der Waals surface area contributed by atoms with E-state index in [9.17, 15) is 0 Å². The Hall–Kier alpha value is -3.31. The highest BCUT2D eigenvalue weighted by Gasteiger charge is 2.15. The molecule has 5 rings (SSSR count). The molecule has 4 aromatic rings. The molecule has 5 nitrogen and oxygen atoms in total. The van der Waals surface area contributed by atoms with Crippen molar-refractivity contribution < 1.29 is 4.42 Å². The third kappa shape index (κ3) is 3.45. The average molecular weight is 384 g/mol. The van der Waals surface area contributed by atoms with E-state index < -0.39 is 0 Å². The van der Waals surface area contributed by atoms with Crippen LogP contribution in [0.2, 0.25) is 0 Å². The molecular weight excluding hydrogens is 360 g/mol. The molecule has 0 amide bonds. The summed E-state index contributed by atoms with van der Waals surface area (Å²) >= 11 is 0. The van der Waals surface area contributed by atoms with Crippen LogP contribution in [0.1, 0.15) is 0 Å². The van der Waals surface area contributed by atoms with Crippen LogP contribution in [0.5, 0.6) is 0 Å². The largest absolute Gasteiger partial charge is 0.462 e. The molecule has 3 heterocycles. The first-order valence-corrected chi connectivity index (χ1v) is 9.94. The maximum atomic E-state index is 5.92. The number of hydrogen-bond acceptors (Lipinski definition) is 5. The molecule has 2 aromatic carbocycles. The van der Waals surface area contributed by atoms with Gasteiger partial charge in [-0.25, -0.2) is 0 Å². The van der Waals surface area contributed by atoms with Crippen molar-refractivity contribution in [1.29, 1.82) is 0 Å². The number of nitrogen functional groups attached to an aromatic ring is 1. The molecule has 0 atom stereocenters. The van der Waals surface area contributed by atoms with Gasteiger partial charge in [0, 0.05) is 54.9 Å². The van der Waals surface area contributed by atoms with Gasteiger partial charge in [-0.1, -0.05) is 24.3 Å². The number of nitrogens with zero attached hydrogens (tertiary/aromatic N) is 3. The van der Waals surface area contributed by atoms with Crippen LogP contribution in [-0.4, -0.2) is 43.1 Å². The molecule has 1 aliphatic heterocycles. The Kier molecular flexibility index (Phi) is 4.45. The number of likely N-dealkylation sites (N-methyl/N-ethyl adjacent to an activating group) is 1. The Morgan fingerprint density at radius 3 is 2.45 bits per heavy atom. The smallest absolute Gasteiger partial charge is 0.153 e. The van der Waals surface area contributed by atoms with Gasteiger partial charge >= 0.3 is 0 Å². The fourth-order valence-corrected chi connectivity index (χ4v) is 3.91. The molecule has 0 bridgehead atoms. The van der Waals surface area contributed by atoms with Gasteiger partial charge in [0.05, 0.1) is 0 Å². The maximum absolute atomic E-state index is 5.92. The zero-order chi connectivity index (χ0) is 19.8. The van der Waals surface area contributed by atoms with E-state index in [1.165, 1.54) is 5.69 Å². The van der Waals surface area contributed by atoms with Crippen LogP contribution >= 0.6 is 0 Å². The second-order valence-corrected chi connectivity index (χ2v) is 7.68. The topological polar surface area (TPSA) is 58.5 Å². The summed E-state index contributed by atoms with van der Waals surface area (Å²) in [6.45, 7) is 4.36. The summed E-state index contributed by atoms with van der Waals surface area (Å²) in [5, 5.41) is 0. The molecule has 29 heavy (non-hydrogen) atoms. The minimum absolute atomic E-state index is 0.730. The molecule has 1 saturated heterocycles. The number of furan rings is 1. The summed E-state index contributed by atoms with van der Waals surface area (Å²) in [4.78, 5) is 9.50. The van der Waals surface area contributed by atoms with Gasteiger partial charge in [0.25, 0.3) is 0 Å². The van der Waals surface area contributed by atoms with Crippen LogP contribution in [0.3, 0.4) is 0 Å². The van der Waals surface area contributed by atoms with E-state index in [0.717, 1.165) is 65.2 Å².